The van der Waals surface area contributed by atoms with E-state index in [1.807, 2.05) is 19.9 Å². The number of nitrogens with zero attached hydrogens (tertiary/aromatic N) is 3. The molecule has 1 aromatic carbocycles. The van der Waals surface area contributed by atoms with Crippen LogP contribution in [0.1, 0.15) is 45.4 Å². The van der Waals surface area contributed by atoms with Crippen molar-refractivity contribution in [1.29, 1.82) is 0 Å². The van der Waals surface area contributed by atoms with Gasteiger partial charge >= 0.3 is 6.03 Å². The monoisotopic (exact) mass is 376 g/mol. The Bertz CT molecular complexity index is 814. The third-order valence-corrected chi connectivity index (χ3v) is 4.81. The Morgan fingerprint density at radius 3 is 2.54 bits per heavy atom. The SMILES string of the molecule is CCCC1(CCC)NC(=O)N(Cc2nc(-c3ccccc3Cl)no2)C1=O. The molecule has 3 rings (SSSR count). The van der Waals surface area contributed by atoms with Crippen molar-refractivity contribution >= 4 is 23.5 Å². The molecule has 2 aromatic rings. The molecule has 1 saturated heterocycles. The van der Waals surface area contributed by atoms with Gasteiger partial charge in [0.05, 0.1) is 5.02 Å². The van der Waals surface area contributed by atoms with Crippen LogP contribution in [-0.4, -0.2) is 32.5 Å². The van der Waals surface area contributed by atoms with Gasteiger partial charge in [-0.3, -0.25) is 9.69 Å². The second kappa shape index (κ2) is 7.45. The van der Waals surface area contributed by atoms with Crippen LogP contribution in [0.2, 0.25) is 5.02 Å². The molecule has 1 aromatic heterocycles. The quantitative estimate of drug-likeness (QED) is 0.743. The maximum absolute atomic E-state index is 12.9. The van der Waals surface area contributed by atoms with E-state index in [4.69, 9.17) is 16.1 Å². The van der Waals surface area contributed by atoms with Crippen LogP contribution in [0.3, 0.4) is 0 Å². The summed E-state index contributed by atoms with van der Waals surface area (Å²) in [5.74, 6) is 0.280. The summed E-state index contributed by atoms with van der Waals surface area (Å²) in [6.07, 6.45) is 2.82. The zero-order valence-electron chi connectivity index (χ0n) is 14.8. The molecule has 26 heavy (non-hydrogen) atoms. The Balaban J connectivity index is 1.80. The van der Waals surface area contributed by atoms with E-state index in [9.17, 15) is 9.59 Å². The Morgan fingerprint density at radius 2 is 1.88 bits per heavy atom. The molecule has 0 aliphatic carbocycles. The average molecular weight is 377 g/mol. The number of halogens is 1. The number of imide groups is 1. The van der Waals surface area contributed by atoms with Crippen LogP contribution in [0.5, 0.6) is 0 Å². The highest BCUT2D eigenvalue weighted by atomic mass is 35.5. The number of nitrogens with one attached hydrogen (secondary N) is 1. The minimum Gasteiger partial charge on any atom is -0.337 e. The maximum atomic E-state index is 12.9. The molecule has 7 nitrogen and oxygen atoms in total. The standard InChI is InChI=1S/C18H21ClN4O3/c1-3-9-18(10-4-2)16(24)23(17(25)21-18)11-14-20-15(22-26-14)12-7-5-6-8-13(12)19/h5-8H,3-4,9-11H2,1-2H3,(H,21,25). The van der Waals surface area contributed by atoms with Crippen LogP contribution in [0.4, 0.5) is 4.79 Å². The molecule has 0 saturated carbocycles. The summed E-state index contributed by atoms with van der Waals surface area (Å²) in [7, 11) is 0. The van der Waals surface area contributed by atoms with Crippen LogP contribution in [0, 0.1) is 0 Å². The first-order valence-corrected chi connectivity index (χ1v) is 9.10. The lowest BCUT2D eigenvalue weighted by Crippen LogP contribution is -2.46. The zero-order valence-corrected chi connectivity index (χ0v) is 15.5. The van der Waals surface area contributed by atoms with Gasteiger partial charge in [0.25, 0.3) is 5.91 Å². The van der Waals surface area contributed by atoms with E-state index in [2.05, 4.69) is 15.5 Å². The predicted molar refractivity (Wildman–Crippen MR) is 96.4 cm³/mol. The number of hydrogen-bond acceptors (Lipinski definition) is 5. The van der Waals surface area contributed by atoms with Crippen molar-refractivity contribution in [3.8, 4) is 11.4 Å². The second-order valence-corrected chi connectivity index (χ2v) is 6.80. The van der Waals surface area contributed by atoms with Crippen molar-refractivity contribution in [3.05, 3.63) is 35.2 Å². The Hall–Kier alpha value is -2.41. The van der Waals surface area contributed by atoms with Crippen LogP contribution < -0.4 is 5.32 Å². The van der Waals surface area contributed by atoms with E-state index in [1.165, 1.54) is 0 Å². The summed E-state index contributed by atoms with van der Waals surface area (Å²) < 4.78 is 5.23. The minimum absolute atomic E-state index is 0.0582. The van der Waals surface area contributed by atoms with E-state index in [0.29, 0.717) is 29.3 Å². The topological polar surface area (TPSA) is 88.3 Å². The molecule has 0 unspecified atom stereocenters. The fourth-order valence-electron chi connectivity index (χ4n) is 3.34. The van der Waals surface area contributed by atoms with Crippen LogP contribution in [-0.2, 0) is 11.3 Å². The number of amides is 3. The largest absolute Gasteiger partial charge is 0.337 e. The van der Waals surface area contributed by atoms with Crippen LogP contribution in [0.25, 0.3) is 11.4 Å². The van der Waals surface area contributed by atoms with Gasteiger partial charge in [0.1, 0.15) is 12.1 Å². The fraction of sp³-hybridized carbons (Fsp3) is 0.444. The highest BCUT2D eigenvalue weighted by molar-refractivity contribution is 6.33. The van der Waals surface area contributed by atoms with Crippen molar-refractivity contribution in [1.82, 2.24) is 20.4 Å². The number of urea groups is 1. The van der Waals surface area contributed by atoms with Gasteiger partial charge in [-0.2, -0.15) is 4.98 Å². The average Bonchev–Trinajstić information content (AvgIpc) is 3.15. The van der Waals surface area contributed by atoms with Gasteiger partial charge in [0, 0.05) is 5.56 Å². The molecular formula is C18H21ClN4O3. The molecule has 8 heteroatoms. The molecular weight excluding hydrogens is 356 g/mol. The summed E-state index contributed by atoms with van der Waals surface area (Å²) in [5, 5.41) is 7.27. The summed E-state index contributed by atoms with van der Waals surface area (Å²) in [4.78, 5) is 30.7. The first-order chi connectivity index (χ1) is 12.5. The number of benzene rings is 1. The molecule has 1 aliphatic rings. The highest BCUT2D eigenvalue weighted by Crippen LogP contribution is 2.30. The molecule has 138 valence electrons. The van der Waals surface area contributed by atoms with Gasteiger partial charge in [-0.05, 0) is 25.0 Å². The fourth-order valence-corrected chi connectivity index (χ4v) is 3.56. The molecule has 3 amide bonds. The lowest BCUT2D eigenvalue weighted by molar-refractivity contribution is -0.132. The zero-order chi connectivity index (χ0) is 18.7. The van der Waals surface area contributed by atoms with Gasteiger partial charge in [0.15, 0.2) is 0 Å². The van der Waals surface area contributed by atoms with Crippen molar-refractivity contribution < 1.29 is 14.1 Å². The summed E-state index contributed by atoms with van der Waals surface area (Å²) >= 11 is 6.14. The van der Waals surface area contributed by atoms with Gasteiger partial charge in [0.2, 0.25) is 11.7 Å². The van der Waals surface area contributed by atoms with Gasteiger partial charge in [-0.1, -0.05) is 55.6 Å². The summed E-state index contributed by atoms with van der Waals surface area (Å²) in [6.45, 7) is 3.93. The minimum atomic E-state index is -0.827. The number of aromatic nitrogens is 2. The first-order valence-electron chi connectivity index (χ1n) is 8.72. The highest BCUT2D eigenvalue weighted by Gasteiger charge is 2.50. The van der Waals surface area contributed by atoms with E-state index >= 15 is 0 Å². The third kappa shape index (κ3) is 3.31. The molecule has 0 atom stereocenters. The lowest BCUT2D eigenvalue weighted by Gasteiger charge is -2.25. The second-order valence-electron chi connectivity index (χ2n) is 6.40. The summed E-state index contributed by atoms with van der Waals surface area (Å²) in [5.41, 5.74) is -0.195. The molecule has 0 radical (unpaired) electrons. The van der Waals surface area contributed by atoms with Crippen LogP contribution >= 0.6 is 11.6 Å². The maximum Gasteiger partial charge on any atom is 0.325 e. The molecule has 1 N–H and O–H groups in total. The van der Waals surface area contributed by atoms with Crippen molar-refractivity contribution in [2.24, 2.45) is 0 Å². The van der Waals surface area contributed by atoms with Crippen LogP contribution in [0.15, 0.2) is 28.8 Å². The number of carbonyl (C=O) groups is 2. The van der Waals surface area contributed by atoms with E-state index in [-0.39, 0.29) is 18.3 Å². The van der Waals surface area contributed by atoms with Crippen molar-refractivity contribution in [3.63, 3.8) is 0 Å². The Kier molecular flexibility index (Phi) is 5.27. The normalized spacial score (nSPS) is 16.2. The number of rotatable bonds is 7. The molecule has 2 heterocycles. The van der Waals surface area contributed by atoms with E-state index in [0.717, 1.165) is 17.7 Å². The number of carbonyl (C=O) groups excluding carboxylic acids is 2. The van der Waals surface area contributed by atoms with Gasteiger partial charge in [-0.25, -0.2) is 4.79 Å². The first kappa shape index (κ1) is 18.4. The van der Waals surface area contributed by atoms with Gasteiger partial charge in [-0.15, -0.1) is 0 Å². The molecule has 0 bridgehead atoms. The predicted octanol–water partition coefficient (Wildman–Crippen LogP) is 3.78. The third-order valence-electron chi connectivity index (χ3n) is 4.48. The Labute approximate surface area is 156 Å². The van der Waals surface area contributed by atoms with E-state index < -0.39 is 11.6 Å². The van der Waals surface area contributed by atoms with Gasteiger partial charge < -0.3 is 9.84 Å². The molecule has 1 aliphatic heterocycles. The van der Waals surface area contributed by atoms with Crippen molar-refractivity contribution in [2.75, 3.05) is 0 Å². The van der Waals surface area contributed by atoms with Crippen molar-refractivity contribution in [2.45, 2.75) is 51.6 Å². The lowest BCUT2D eigenvalue weighted by atomic mass is 9.88. The van der Waals surface area contributed by atoms with E-state index in [1.54, 1.807) is 18.2 Å². The molecule has 1 fully saturated rings. The molecule has 0 spiro atoms. The summed E-state index contributed by atoms with van der Waals surface area (Å²) in [6, 6.07) is 6.71. The Morgan fingerprint density at radius 1 is 1.19 bits per heavy atom. The smallest absolute Gasteiger partial charge is 0.325 e. The number of hydrogen-bond donors (Lipinski definition) is 1.